The molecule has 1 aromatic carbocycles. The number of rotatable bonds is 3. The Morgan fingerprint density at radius 3 is 2.76 bits per heavy atom. The van der Waals surface area contributed by atoms with Crippen LogP contribution in [0.4, 0.5) is 4.39 Å². The first-order chi connectivity index (χ1) is 8.25. The topological polar surface area (TPSA) is 24.1 Å². The van der Waals surface area contributed by atoms with Gasteiger partial charge in [0.2, 0.25) is 0 Å². The van der Waals surface area contributed by atoms with Crippen LogP contribution in [0.3, 0.4) is 0 Å². The fraction of sp³-hybridized carbons (Fsp3) is 0.571. The Labute approximate surface area is 103 Å². The summed E-state index contributed by atoms with van der Waals surface area (Å²) in [5, 5.41) is 7.04. The first-order valence-electron chi connectivity index (χ1n) is 6.48. The molecule has 2 rings (SSSR count). The smallest absolute Gasteiger partial charge is 0.123 e. The highest BCUT2D eigenvalue weighted by Crippen LogP contribution is 2.16. The van der Waals surface area contributed by atoms with Crippen LogP contribution < -0.4 is 10.6 Å². The van der Waals surface area contributed by atoms with Crippen LogP contribution in [0.2, 0.25) is 0 Å². The van der Waals surface area contributed by atoms with Crippen molar-refractivity contribution in [3.63, 3.8) is 0 Å². The standard InChI is InChI=1S/C14H21FN2/c1-11(12-4-6-13(15)7-5-12)17-14-3-2-9-16-10-8-14/h4-7,11,14,16-17H,2-3,8-10H2,1H3/t11-,14?/m1/s1. The fourth-order valence-electron chi connectivity index (χ4n) is 2.39. The molecular formula is C14H21FN2. The van der Waals surface area contributed by atoms with E-state index < -0.39 is 0 Å². The Hall–Kier alpha value is -0.930. The third-order valence-corrected chi connectivity index (χ3v) is 3.43. The van der Waals surface area contributed by atoms with Crippen LogP contribution in [0, 0.1) is 5.82 Å². The van der Waals surface area contributed by atoms with Crippen LogP contribution in [0.25, 0.3) is 0 Å². The Kier molecular flexibility index (Phi) is 4.51. The van der Waals surface area contributed by atoms with Crippen molar-refractivity contribution in [2.24, 2.45) is 0 Å². The monoisotopic (exact) mass is 236 g/mol. The molecule has 1 saturated heterocycles. The average Bonchev–Trinajstić information content (AvgIpc) is 2.58. The highest BCUT2D eigenvalue weighted by Gasteiger charge is 2.14. The fourth-order valence-corrected chi connectivity index (χ4v) is 2.39. The van der Waals surface area contributed by atoms with Crippen LogP contribution in [-0.4, -0.2) is 19.1 Å². The van der Waals surface area contributed by atoms with Crippen molar-refractivity contribution in [1.29, 1.82) is 0 Å². The highest BCUT2D eigenvalue weighted by molar-refractivity contribution is 5.19. The van der Waals surface area contributed by atoms with Crippen molar-refractivity contribution in [1.82, 2.24) is 10.6 Å². The van der Waals surface area contributed by atoms with Crippen molar-refractivity contribution >= 4 is 0 Å². The molecule has 1 aliphatic rings. The first-order valence-corrected chi connectivity index (χ1v) is 6.48. The second kappa shape index (κ2) is 6.12. The average molecular weight is 236 g/mol. The third kappa shape index (κ3) is 3.79. The molecule has 94 valence electrons. The molecule has 2 nitrogen and oxygen atoms in total. The minimum atomic E-state index is -0.167. The Morgan fingerprint density at radius 2 is 2.00 bits per heavy atom. The molecule has 1 fully saturated rings. The van der Waals surface area contributed by atoms with Crippen molar-refractivity contribution in [2.45, 2.75) is 38.3 Å². The highest BCUT2D eigenvalue weighted by atomic mass is 19.1. The van der Waals surface area contributed by atoms with E-state index in [2.05, 4.69) is 17.6 Å². The predicted octanol–water partition coefficient (Wildman–Crippen LogP) is 2.62. The molecule has 0 radical (unpaired) electrons. The zero-order chi connectivity index (χ0) is 12.1. The molecule has 0 aromatic heterocycles. The van der Waals surface area contributed by atoms with Crippen LogP contribution in [0.15, 0.2) is 24.3 Å². The van der Waals surface area contributed by atoms with E-state index in [0.29, 0.717) is 12.1 Å². The van der Waals surface area contributed by atoms with Gasteiger partial charge in [-0.3, -0.25) is 0 Å². The van der Waals surface area contributed by atoms with Gasteiger partial charge < -0.3 is 10.6 Å². The van der Waals surface area contributed by atoms with E-state index in [0.717, 1.165) is 18.7 Å². The maximum Gasteiger partial charge on any atom is 0.123 e. The van der Waals surface area contributed by atoms with Gasteiger partial charge in [0.1, 0.15) is 5.82 Å². The number of hydrogen-bond donors (Lipinski definition) is 2. The maximum atomic E-state index is 12.8. The number of nitrogens with one attached hydrogen (secondary N) is 2. The lowest BCUT2D eigenvalue weighted by Crippen LogP contribution is -2.32. The molecule has 3 heteroatoms. The predicted molar refractivity (Wildman–Crippen MR) is 68.5 cm³/mol. The van der Waals surface area contributed by atoms with Gasteiger partial charge in [-0.1, -0.05) is 12.1 Å². The Balaban J connectivity index is 1.91. The Morgan fingerprint density at radius 1 is 1.24 bits per heavy atom. The van der Waals surface area contributed by atoms with Gasteiger partial charge in [-0.25, -0.2) is 4.39 Å². The van der Waals surface area contributed by atoms with E-state index in [9.17, 15) is 4.39 Å². The van der Waals surface area contributed by atoms with Gasteiger partial charge in [-0.2, -0.15) is 0 Å². The molecule has 17 heavy (non-hydrogen) atoms. The van der Waals surface area contributed by atoms with Gasteiger partial charge in [0, 0.05) is 12.1 Å². The van der Waals surface area contributed by atoms with Crippen LogP contribution >= 0.6 is 0 Å². The molecule has 1 aromatic rings. The van der Waals surface area contributed by atoms with E-state index in [1.807, 2.05) is 12.1 Å². The number of halogens is 1. The van der Waals surface area contributed by atoms with Gasteiger partial charge in [0.25, 0.3) is 0 Å². The number of benzene rings is 1. The molecule has 0 aliphatic carbocycles. The second-order valence-electron chi connectivity index (χ2n) is 4.82. The van der Waals surface area contributed by atoms with Crippen LogP contribution in [-0.2, 0) is 0 Å². The molecule has 0 saturated carbocycles. The summed E-state index contributed by atoms with van der Waals surface area (Å²) >= 11 is 0. The quantitative estimate of drug-likeness (QED) is 0.843. The molecular weight excluding hydrogens is 215 g/mol. The van der Waals surface area contributed by atoms with E-state index in [4.69, 9.17) is 0 Å². The SMILES string of the molecule is C[C@@H](NC1CCCNCC1)c1ccc(F)cc1. The first kappa shape index (κ1) is 12.5. The van der Waals surface area contributed by atoms with Crippen molar-refractivity contribution in [3.05, 3.63) is 35.6 Å². The summed E-state index contributed by atoms with van der Waals surface area (Å²) in [6, 6.07) is 7.65. The molecule has 1 aliphatic heterocycles. The lowest BCUT2D eigenvalue weighted by atomic mass is 10.0. The number of hydrogen-bond acceptors (Lipinski definition) is 2. The molecule has 0 bridgehead atoms. The van der Waals surface area contributed by atoms with E-state index >= 15 is 0 Å². The third-order valence-electron chi connectivity index (χ3n) is 3.43. The second-order valence-corrected chi connectivity index (χ2v) is 4.82. The summed E-state index contributed by atoms with van der Waals surface area (Å²) in [4.78, 5) is 0. The molecule has 2 N–H and O–H groups in total. The Bertz CT molecular complexity index is 329. The summed E-state index contributed by atoms with van der Waals surface area (Å²) in [6.45, 7) is 4.36. The van der Waals surface area contributed by atoms with Crippen LogP contribution in [0.5, 0.6) is 0 Å². The summed E-state index contributed by atoms with van der Waals surface area (Å²) in [7, 11) is 0. The van der Waals surface area contributed by atoms with Gasteiger partial charge in [0.15, 0.2) is 0 Å². The van der Waals surface area contributed by atoms with Crippen molar-refractivity contribution in [2.75, 3.05) is 13.1 Å². The summed E-state index contributed by atoms with van der Waals surface area (Å²) < 4.78 is 12.8. The zero-order valence-electron chi connectivity index (χ0n) is 10.4. The van der Waals surface area contributed by atoms with Gasteiger partial charge in [-0.05, 0) is 57.0 Å². The molecule has 0 amide bonds. The zero-order valence-corrected chi connectivity index (χ0v) is 10.4. The van der Waals surface area contributed by atoms with Gasteiger partial charge in [-0.15, -0.1) is 0 Å². The lowest BCUT2D eigenvalue weighted by molar-refractivity contribution is 0.421. The molecule has 1 heterocycles. The summed E-state index contributed by atoms with van der Waals surface area (Å²) in [5.74, 6) is -0.167. The van der Waals surface area contributed by atoms with Gasteiger partial charge >= 0.3 is 0 Å². The maximum absolute atomic E-state index is 12.8. The summed E-state index contributed by atoms with van der Waals surface area (Å²) in [6.07, 6.45) is 3.62. The minimum Gasteiger partial charge on any atom is -0.317 e. The van der Waals surface area contributed by atoms with E-state index in [1.54, 1.807) is 0 Å². The van der Waals surface area contributed by atoms with Crippen LogP contribution in [0.1, 0.15) is 37.8 Å². The van der Waals surface area contributed by atoms with Crippen molar-refractivity contribution in [3.8, 4) is 0 Å². The molecule has 1 unspecified atom stereocenters. The van der Waals surface area contributed by atoms with E-state index in [1.165, 1.54) is 31.4 Å². The lowest BCUT2D eigenvalue weighted by Gasteiger charge is -2.22. The largest absolute Gasteiger partial charge is 0.317 e. The van der Waals surface area contributed by atoms with Crippen molar-refractivity contribution < 1.29 is 4.39 Å². The minimum absolute atomic E-state index is 0.167. The van der Waals surface area contributed by atoms with E-state index in [-0.39, 0.29) is 5.82 Å². The van der Waals surface area contributed by atoms with Gasteiger partial charge in [0.05, 0.1) is 0 Å². The normalized spacial score (nSPS) is 23.1. The molecule has 0 spiro atoms. The summed E-state index contributed by atoms with van der Waals surface area (Å²) in [5.41, 5.74) is 1.16. The molecule has 2 atom stereocenters.